The van der Waals surface area contributed by atoms with Gasteiger partial charge in [-0.25, -0.2) is 0 Å². The molecule has 6 nitrogen and oxygen atoms in total. The molecule has 1 atom stereocenters. The zero-order valence-electron chi connectivity index (χ0n) is 16.3. The molecule has 0 aromatic carbocycles. The molecule has 4 aromatic rings. The molecular weight excluding hydrogens is 440 g/mol. The number of halogens is 4. The van der Waals surface area contributed by atoms with Gasteiger partial charge in [0, 0.05) is 35.9 Å². The quantitative estimate of drug-likeness (QED) is 0.270. The summed E-state index contributed by atoms with van der Waals surface area (Å²) in [6, 6.07) is 12.0. The van der Waals surface area contributed by atoms with Gasteiger partial charge in [-0.3, -0.25) is 14.8 Å². The lowest BCUT2D eigenvalue weighted by Crippen LogP contribution is -2.05. The van der Waals surface area contributed by atoms with Crippen LogP contribution in [0, 0.1) is 23.8 Å². The van der Waals surface area contributed by atoms with E-state index >= 15 is 0 Å². The molecule has 0 aliphatic heterocycles. The van der Waals surface area contributed by atoms with E-state index in [9.17, 15) is 27.5 Å². The van der Waals surface area contributed by atoms with Crippen LogP contribution in [0.15, 0.2) is 79.4 Å². The highest BCUT2D eigenvalue weighted by Crippen LogP contribution is 2.22. The number of aromatic nitrogens is 4. The van der Waals surface area contributed by atoms with Gasteiger partial charge >= 0.3 is 0 Å². The summed E-state index contributed by atoms with van der Waals surface area (Å²) in [6.45, 7) is 0. The third-order valence-electron chi connectivity index (χ3n) is 3.68. The van der Waals surface area contributed by atoms with Crippen molar-refractivity contribution in [2.45, 2.75) is 13.5 Å². The molecule has 33 heavy (non-hydrogen) atoms. The number of rotatable bonds is 3. The van der Waals surface area contributed by atoms with E-state index in [4.69, 9.17) is 0 Å². The maximum Gasteiger partial charge on any atom is 0.221 e. The molecule has 0 saturated carbocycles. The Hall–Kier alpha value is -4.05. The van der Waals surface area contributed by atoms with Crippen LogP contribution in [0.1, 0.15) is 35.0 Å². The molecule has 1 N–H and O–H groups in total. The number of aldehydes is 1. The zero-order valence-corrected chi connectivity index (χ0v) is 16.3. The number of carbonyl (C=O) groups is 1. The molecule has 0 amide bonds. The first-order chi connectivity index (χ1) is 15.4. The fourth-order valence-corrected chi connectivity index (χ4v) is 2.18. The van der Waals surface area contributed by atoms with Crippen LogP contribution < -0.4 is 0 Å². The standard InChI is InChI=1S/C11H8F2N2O.C6H5NO.C5H3F2N.CH4/c12-9-2-1-8(11(13)15-9)10(16)7-3-5-14-6-4-7;8-5-6-1-3-7-4-2-6;6-4-2-1-3-5(7)8-4;/h1-6,10,16H;1-5H;1-3H;1H4. The second kappa shape index (κ2) is 14.1. The average Bonchev–Trinajstić information content (AvgIpc) is 2.80. The van der Waals surface area contributed by atoms with E-state index in [1.54, 1.807) is 36.7 Å². The Bertz CT molecular complexity index is 1100. The van der Waals surface area contributed by atoms with Crippen molar-refractivity contribution in [2.24, 2.45) is 0 Å². The second-order valence-corrected chi connectivity index (χ2v) is 5.88. The molecule has 4 aromatic heterocycles. The van der Waals surface area contributed by atoms with E-state index < -0.39 is 29.9 Å². The van der Waals surface area contributed by atoms with Crippen molar-refractivity contribution in [3.63, 3.8) is 0 Å². The lowest BCUT2D eigenvalue weighted by atomic mass is 10.0. The van der Waals surface area contributed by atoms with Crippen molar-refractivity contribution in [1.82, 2.24) is 19.9 Å². The van der Waals surface area contributed by atoms with Gasteiger partial charge in [0.2, 0.25) is 23.8 Å². The smallest absolute Gasteiger partial charge is 0.221 e. The highest BCUT2D eigenvalue weighted by Gasteiger charge is 2.16. The minimum atomic E-state index is -1.17. The Labute approximate surface area is 187 Å². The Balaban J connectivity index is 0.000000271. The molecule has 4 heterocycles. The predicted octanol–water partition coefficient (Wildman–Crippen LogP) is 4.73. The molecule has 4 rings (SSSR count). The number of hydrogen-bond donors (Lipinski definition) is 1. The monoisotopic (exact) mass is 460 g/mol. The largest absolute Gasteiger partial charge is 0.383 e. The normalized spacial score (nSPS) is 10.3. The molecule has 0 bridgehead atoms. The van der Waals surface area contributed by atoms with Gasteiger partial charge in [-0.05, 0) is 54.1 Å². The molecule has 172 valence electrons. The van der Waals surface area contributed by atoms with E-state index in [-0.39, 0.29) is 13.0 Å². The summed E-state index contributed by atoms with van der Waals surface area (Å²) in [4.78, 5) is 23.3. The lowest BCUT2D eigenvalue weighted by Gasteiger charge is -2.11. The zero-order chi connectivity index (χ0) is 23.3. The second-order valence-electron chi connectivity index (χ2n) is 5.88. The van der Waals surface area contributed by atoms with Crippen molar-refractivity contribution >= 4 is 6.29 Å². The summed E-state index contributed by atoms with van der Waals surface area (Å²) >= 11 is 0. The number of aliphatic hydroxyl groups excluding tert-OH is 1. The van der Waals surface area contributed by atoms with Crippen molar-refractivity contribution in [1.29, 1.82) is 0 Å². The summed E-state index contributed by atoms with van der Waals surface area (Å²) in [7, 11) is 0. The summed E-state index contributed by atoms with van der Waals surface area (Å²) in [6.07, 6.45) is 5.76. The van der Waals surface area contributed by atoms with Crippen molar-refractivity contribution in [2.75, 3.05) is 0 Å². The van der Waals surface area contributed by atoms with Gasteiger partial charge in [-0.15, -0.1) is 0 Å². The molecule has 0 fully saturated rings. The molecule has 0 radical (unpaired) electrons. The van der Waals surface area contributed by atoms with Crippen molar-refractivity contribution in [3.8, 4) is 0 Å². The van der Waals surface area contributed by atoms with Gasteiger partial charge in [-0.1, -0.05) is 13.5 Å². The fraction of sp³-hybridized carbons (Fsp3) is 0.0870. The Morgan fingerprint density at radius 1 is 0.727 bits per heavy atom. The molecule has 0 saturated heterocycles. The molecule has 10 heteroatoms. The Morgan fingerprint density at radius 2 is 1.24 bits per heavy atom. The summed E-state index contributed by atoms with van der Waals surface area (Å²) in [5, 5.41) is 9.83. The van der Waals surface area contributed by atoms with E-state index in [2.05, 4.69) is 19.9 Å². The number of hydrogen-bond acceptors (Lipinski definition) is 6. The number of nitrogens with zero attached hydrogens (tertiary/aromatic N) is 4. The van der Waals surface area contributed by atoms with Gasteiger partial charge in [0.25, 0.3) is 0 Å². The van der Waals surface area contributed by atoms with Crippen LogP contribution in [0.25, 0.3) is 0 Å². The maximum absolute atomic E-state index is 13.3. The van der Waals surface area contributed by atoms with E-state index in [1.165, 1.54) is 24.5 Å². The predicted molar refractivity (Wildman–Crippen MR) is 113 cm³/mol. The Morgan fingerprint density at radius 3 is 1.67 bits per heavy atom. The first-order valence-electron chi connectivity index (χ1n) is 8.94. The molecular formula is C23H20F4N4O2. The first-order valence-corrected chi connectivity index (χ1v) is 8.94. The van der Waals surface area contributed by atoms with Gasteiger partial charge < -0.3 is 5.11 Å². The summed E-state index contributed by atoms with van der Waals surface area (Å²) in [5.74, 6) is -3.50. The maximum atomic E-state index is 13.3. The van der Waals surface area contributed by atoms with Crippen LogP contribution in [-0.2, 0) is 0 Å². The minimum absolute atomic E-state index is 0. The third-order valence-corrected chi connectivity index (χ3v) is 3.68. The van der Waals surface area contributed by atoms with E-state index in [0.717, 1.165) is 24.5 Å². The van der Waals surface area contributed by atoms with Crippen LogP contribution >= 0.6 is 0 Å². The molecule has 1 unspecified atom stereocenters. The van der Waals surface area contributed by atoms with Crippen LogP contribution in [0.2, 0.25) is 0 Å². The summed E-state index contributed by atoms with van der Waals surface area (Å²) in [5.41, 5.74) is 1.08. The minimum Gasteiger partial charge on any atom is -0.383 e. The fourth-order valence-electron chi connectivity index (χ4n) is 2.18. The number of pyridine rings is 4. The van der Waals surface area contributed by atoms with Crippen molar-refractivity contribution < 1.29 is 27.5 Å². The van der Waals surface area contributed by atoms with Gasteiger partial charge in [-0.2, -0.15) is 27.5 Å². The average molecular weight is 460 g/mol. The highest BCUT2D eigenvalue weighted by atomic mass is 19.1. The third kappa shape index (κ3) is 9.32. The van der Waals surface area contributed by atoms with Gasteiger partial charge in [0.05, 0.1) is 0 Å². The van der Waals surface area contributed by atoms with E-state index in [1.807, 2.05) is 0 Å². The van der Waals surface area contributed by atoms with Gasteiger partial charge in [0.1, 0.15) is 12.4 Å². The number of aliphatic hydroxyl groups is 1. The summed E-state index contributed by atoms with van der Waals surface area (Å²) < 4.78 is 49.5. The molecule has 0 aliphatic carbocycles. The van der Waals surface area contributed by atoms with Crippen LogP contribution in [0.3, 0.4) is 0 Å². The number of carbonyl (C=O) groups excluding carboxylic acids is 1. The van der Waals surface area contributed by atoms with Crippen LogP contribution in [0.5, 0.6) is 0 Å². The molecule has 0 spiro atoms. The van der Waals surface area contributed by atoms with Gasteiger partial charge in [0.15, 0.2) is 0 Å². The highest BCUT2D eigenvalue weighted by molar-refractivity contribution is 5.73. The first kappa shape index (κ1) is 27.0. The SMILES string of the molecule is C.Fc1cccc(F)n1.O=Cc1ccncc1.OC(c1ccncc1)c1ccc(F)nc1F. The molecule has 0 aliphatic rings. The van der Waals surface area contributed by atoms with Crippen molar-refractivity contribution in [3.05, 3.63) is 120 Å². The topological polar surface area (TPSA) is 88.9 Å². The lowest BCUT2D eigenvalue weighted by molar-refractivity contribution is 0.112. The van der Waals surface area contributed by atoms with E-state index in [0.29, 0.717) is 11.1 Å². The Kier molecular flexibility index (Phi) is 11.5. The van der Waals surface area contributed by atoms with Crippen LogP contribution in [0.4, 0.5) is 17.6 Å². The van der Waals surface area contributed by atoms with Crippen LogP contribution in [-0.4, -0.2) is 31.3 Å².